The van der Waals surface area contributed by atoms with E-state index in [-0.39, 0.29) is 12.0 Å². The second-order valence-electron chi connectivity index (χ2n) is 6.21. The van der Waals surface area contributed by atoms with Crippen LogP contribution in [0.5, 0.6) is 0 Å². The third-order valence-electron chi connectivity index (χ3n) is 4.17. The predicted octanol–water partition coefficient (Wildman–Crippen LogP) is 1.72. The molecule has 1 aromatic carbocycles. The van der Waals surface area contributed by atoms with Crippen LogP contribution in [0, 0.1) is 13.8 Å². The topological polar surface area (TPSA) is 43.8 Å². The number of likely N-dealkylation sites (N-methyl/N-ethyl adjacent to an activating group) is 1. The molecule has 1 fully saturated rings. The Morgan fingerprint density at radius 1 is 1.33 bits per heavy atom. The molecule has 0 bridgehead atoms. The Kier molecular flexibility index (Phi) is 5.37. The Morgan fingerprint density at radius 2 is 2.00 bits per heavy atom. The van der Waals surface area contributed by atoms with Crippen LogP contribution >= 0.6 is 0 Å². The molecule has 0 aliphatic carbocycles. The Balaban J connectivity index is 1.87. The zero-order valence-corrected chi connectivity index (χ0v) is 13.3. The summed E-state index contributed by atoms with van der Waals surface area (Å²) >= 11 is 0. The summed E-state index contributed by atoms with van der Waals surface area (Å²) in [5.74, 6) is 0.162. The van der Waals surface area contributed by atoms with E-state index in [1.54, 1.807) is 0 Å². The first-order valence-corrected chi connectivity index (χ1v) is 7.66. The molecule has 1 saturated heterocycles. The van der Waals surface area contributed by atoms with E-state index in [9.17, 15) is 9.90 Å². The minimum Gasteiger partial charge on any atom is -0.393 e. The zero-order valence-electron chi connectivity index (χ0n) is 13.3. The molecule has 0 atom stereocenters. The van der Waals surface area contributed by atoms with Crippen molar-refractivity contribution in [2.75, 3.05) is 26.7 Å². The van der Waals surface area contributed by atoms with Gasteiger partial charge in [0.25, 0.3) is 0 Å². The van der Waals surface area contributed by atoms with Gasteiger partial charge < -0.3 is 10.0 Å². The third kappa shape index (κ3) is 4.55. The van der Waals surface area contributed by atoms with Crippen LogP contribution in [0.3, 0.4) is 0 Å². The molecular formula is C17H26N2O2. The largest absolute Gasteiger partial charge is 0.393 e. The van der Waals surface area contributed by atoms with Gasteiger partial charge in [0.1, 0.15) is 0 Å². The second kappa shape index (κ2) is 7.05. The number of hydrogen-bond acceptors (Lipinski definition) is 3. The summed E-state index contributed by atoms with van der Waals surface area (Å²) < 4.78 is 0. The van der Waals surface area contributed by atoms with Gasteiger partial charge in [0.15, 0.2) is 0 Å². The maximum absolute atomic E-state index is 12.3. The number of amides is 1. The second-order valence-corrected chi connectivity index (χ2v) is 6.21. The minimum absolute atomic E-state index is 0.162. The number of hydrogen-bond donors (Lipinski definition) is 1. The van der Waals surface area contributed by atoms with Gasteiger partial charge in [-0.15, -0.1) is 0 Å². The summed E-state index contributed by atoms with van der Waals surface area (Å²) in [5.41, 5.74) is 3.79. The first-order chi connectivity index (χ1) is 9.95. The van der Waals surface area contributed by atoms with Gasteiger partial charge in [0.05, 0.1) is 12.6 Å². The van der Waals surface area contributed by atoms with Crippen molar-refractivity contribution in [3.63, 3.8) is 0 Å². The van der Waals surface area contributed by atoms with Crippen molar-refractivity contribution in [1.82, 2.24) is 9.80 Å². The van der Waals surface area contributed by atoms with E-state index >= 15 is 0 Å². The van der Waals surface area contributed by atoms with E-state index in [0.717, 1.165) is 6.54 Å². The number of aliphatic hydroxyl groups is 1. The fourth-order valence-corrected chi connectivity index (χ4v) is 2.76. The van der Waals surface area contributed by atoms with Gasteiger partial charge in [-0.1, -0.05) is 23.8 Å². The molecule has 1 aliphatic rings. The number of likely N-dealkylation sites (tertiary alicyclic amines) is 1. The van der Waals surface area contributed by atoms with Gasteiger partial charge in [-0.3, -0.25) is 9.69 Å². The van der Waals surface area contributed by atoms with Crippen LogP contribution in [0.4, 0.5) is 0 Å². The van der Waals surface area contributed by atoms with Crippen LogP contribution in [0.2, 0.25) is 0 Å². The number of carbonyl (C=O) groups is 1. The van der Waals surface area contributed by atoms with Gasteiger partial charge >= 0.3 is 0 Å². The molecule has 21 heavy (non-hydrogen) atoms. The van der Waals surface area contributed by atoms with E-state index < -0.39 is 0 Å². The Bertz CT molecular complexity index is 494. The third-order valence-corrected chi connectivity index (χ3v) is 4.17. The molecule has 1 heterocycles. The molecule has 0 aromatic heterocycles. The van der Waals surface area contributed by atoms with Gasteiger partial charge in [-0.2, -0.15) is 0 Å². The number of aryl methyl sites for hydroxylation is 2. The van der Waals surface area contributed by atoms with E-state index in [1.165, 1.54) is 16.7 Å². The normalized spacial score (nSPS) is 16.5. The Hall–Kier alpha value is -1.39. The fraction of sp³-hybridized carbons (Fsp3) is 0.588. The van der Waals surface area contributed by atoms with Crippen LogP contribution in [0.1, 0.15) is 29.5 Å². The quantitative estimate of drug-likeness (QED) is 0.918. The van der Waals surface area contributed by atoms with Crippen LogP contribution in [-0.4, -0.2) is 53.6 Å². The molecule has 1 amide bonds. The number of rotatable bonds is 4. The Labute approximate surface area is 127 Å². The summed E-state index contributed by atoms with van der Waals surface area (Å²) in [7, 11) is 1.98. The number of nitrogens with zero attached hydrogens (tertiary/aromatic N) is 2. The van der Waals surface area contributed by atoms with E-state index in [0.29, 0.717) is 32.5 Å². The standard InChI is InChI=1S/C17H26N2O2/c1-13-4-5-14(2)15(10-13)11-18(3)12-17(21)19-8-6-16(20)7-9-19/h4-5,10,16,20H,6-9,11-12H2,1-3H3. The van der Waals surface area contributed by atoms with Crippen molar-refractivity contribution in [2.45, 2.75) is 39.3 Å². The molecular weight excluding hydrogens is 264 g/mol. The zero-order chi connectivity index (χ0) is 15.4. The van der Waals surface area contributed by atoms with Crippen LogP contribution in [0.15, 0.2) is 18.2 Å². The smallest absolute Gasteiger partial charge is 0.236 e. The van der Waals surface area contributed by atoms with Crippen LogP contribution in [0.25, 0.3) is 0 Å². The molecule has 1 aliphatic heterocycles. The van der Waals surface area contributed by atoms with E-state index in [1.807, 2.05) is 11.9 Å². The lowest BCUT2D eigenvalue weighted by Gasteiger charge is -2.31. The van der Waals surface area contributed by atoms with Crippen molar-refractivity contribution in [1.29, 1.82) is 0 Å². The molecule has 0 radical (unpaired) electrons. The maximum Gasteiger partial charge on any atom is 0.236 e. The summed E-state index contributed by atoms with van der Waals surface area (Å²) in [5, 5.41) is 9.49. The molecule has 1 N–H and O–H groups in total. The Morgan fingerprint density at radius 3 is 2.67 bits per heavy atom. The van der Waals surface area contributed by atoms with Crippen molar-refractivity contribution in [2.24, 2.45) is 0 Å². The first kappa shape index (κ1) is 16.0. The molecule has 1 aromatic rings. The van der Waals surface area contributed by atoms with Crippen molar-refractivity contribution < 1.29 is 9.90 Å². The predicted molar refractivity (Wildman–Crippen MR) is 84.1 cm³/mol. The fourth-order valence-electron chi connectivity index (χ4n) is 2.76. The summed E-state index contributed by atoms with van der Waals surface area (Å²) in [4.78, 5) is 16.2. The lowest BCUT2D eigenvalue weighted by Crippen LogP contribution is -2.44. The van der Waals surface area contributed by atoms with Crippen LogP contribution in [-0.2, 0) is 11.3 Å². The monoisotopic (exact) mass is 290 g/mol. The highest BCUT2D eigenvalue weighted by molar-refractivity contribution is 5.78. The highest BCUT2D eigenvalue weighted by atomic mass is 16.3. The summed E-state index contributed by atoms with van der Waals surface area (Å²) in [6.45, 7) is 6.78. The number of benzene rings is 1. The van der Waals surface area contributed by atoms with Gasteiger partial charge in [-0.05, 0) is 44.9 Å². The lowest BCUT2D eigenvalue weighted by molar-refractivity contribution is -0.134. The van der Waals surface area contributed by atoms with Crippen molar-refractivity contribution in [3.05, 3.63) is 34.9 Å². The van der Waals surface area contributed by atoms with Gasteiger partial charge in [0.2, 0.25) is 5.91 Å². The molecule has 4 heteroatoms. The molecule has 116 valence electrons. The van der Waals surface area contributed by atoms with Gasteiger partial charge in [-0.25, -0.2) is 0 Å². The molecule has 0 saturated carbocycles. The number of carbonyl (C=O) groups excluding carboxylic acids is 1. The van der Waals surface area contributed by atoms with Gasteiger partial charge in [0, 0.05) is 19.6 Å². The molecule has 2 rings (SSSR count). The minimum atomic E-state index is -0.235. The van der Waals surface area contributed by atoms with E-state index in [2.05, 4.69) is 36.9 Å². The average molecular weight is 290 g/mol. The SMILES string of the molecule is Cc1ccc(C)c(CN(C)CC(=O)N2CCC(O)CC2)c1. The highest BCUT2D eigenvalue weighted by Gasteiger charge is 2.22. The lowest BCUT2D eigenvalue weighted by atomic mass is 10.1. The maximum atomic E-state index is 12.3. The average Bonchev–Trinajstić information content (AvgIpc) is 2.43. The molecule has 4 nitrogen and oxygen atoms in total. The van der Waals surface area contributed by atoms with Crippen LogP contribution < -0.4 is 0 Å². The first-order valence-electron chi connectivity index (χ1n) is 7.66. The molecule has 0 unspecified atom stereocenters. The van der Waals surface area contributed by atoms with E-state index in [4.69, 9.17) is 0 Å². The van der Waals surface area contributed by atoms with Crippen molar-refractivity contribution >= 4 is 5.91 Å². The molecule has 0 spiro atoms. The summed E-state index contributed by atoms with van der Waals surface area (Å²) in [6.07, 6.45) is 1.17. The highest BCUT2D eigenvalue weighted by Crippen LogP contribution is 2.14. The summed E-state index contributed by atoms with van der Waals surface area (Å²) in [6, 6.07) is 6.43. The van der Waals surface area contributed by atoms with Crippen molar-refractivity contribution in [3.8, 4) is 0 Å². The number of piperidine rings is 1. The number of aliphatic hydroxyl groups excluding tert-OH is 1.